The maximum atomic E-state index is 12.7. The van der Waals surface area contributed by atoms with Gasteiger partial charge >= 0.3 is 0 Å². The van der Waals surface area contributed by atoms with Gasteiger partial charge in [-0.2, -0.15) is 17.0 Å². The third kappa shape index (κ3) is 3.07. The first kappa shape index (κ1) is 15.9. The second-order valence-electron chi connectivity index (χ2n) is 5.12. The van der Waals surface area contributed by atoms with Gasteiger partial charge in [0.2, 0.25) is 0 Å². The zero-order chi connectivity index (χ0) is 14.8. The van der Waals surface area contributed by atoms with Crippen LogP contribution in [0.3, 0.4) is 0 Å². The summed E-state index contributed by atoms with van der Waals surface area (Å²) in [5.41, 5.74) is 1.16. The average molecular weight is 317 g/mol. The van der Waals surface area contributed by atoms with Gasteiger partial charge in [0.05, 0.1) is 0 Å². The van der Waals surface area contributed by atoms with Crippen molar-refractivity contribution in [3.8, 4) is 0 Å². The molecule has 2 rings (SSSR count). The second-order valence-corrected chi connectivity index (χ2v) is 8.11. The number of nitrogens with zero attached hydrogens (tertiary/aromatic N) is 2. The fourth-order valence-corrected chi connectivity index (χ4v) is 5.09. The topological polar surface area (TPSA) is 52.7 Å². The average Bonchev–Trinajstić information content (AvgIpc) is 2.88. The fraction of sp³-hybridized carbons (Fsp3) is 0.692. The monoisotopic (exact) mass is 317 g/mol. The van der Waals surface area contributed by atoms with Gasteiger partial charge in [-0.3, -0.25) is 0 Å². The van der Waals surface area contributed by atoms with Crippen LogP contribution in [0.5, 0.6) is 0 Å². The van der Waals surface area contributed by atoms with Gasteiger partial charge in [-0.05, 0) is 50.4 Å². The number of thiophene rings is 1. The number of hydrogen-bond donors (Lipinski definition) is 1. The Kier molecular flexibility index (Phi) is 5.19. The summed E-state index contributed by atoms with van der Waals surface area (Å²) in [5, 5.41) is 5.09. The summed E-state index contributed by atoms with van der Waals surface area (Å²) < 4.78 is 28.4. The number of hydrogen-bond acceptors (Lipinski definition) is 4. The van der Waals surface area contributed by atoms with Crippen LogP contribution in [0.15, 0.2) is 11.4 Å². The predicted molar refractivity (Wildman–Crippen MR) is 83.2 cm³/mol. The minimum Gasteiger partial charge on any atom is -0.320 e. The van der Waals surface area contributed by atoms with E-state index in [2.05, 4.69) is 5.32 Å². The summed E-state index contributed by atoms with van der Waals surface area (Å²) in [4.78, 5) is 1.32. The van der Waals surface area contributed by atoms with Crippen LogP contribution in [-0.4, -0.2) is 50.8 Å². The highest BCUT2D eigenvalue weighted by molar-refractivity contribution is 7.86. The molecule has 1 aliphatic rings. The molecule has 0 aromatic carbocycles. The van der Waals surface area contributed by atoms with Crippen molar-refractivity contribution in [2.45, 2.75) is 25.8 Å². The lowest BCUT2D eigenvalue weighted by Crippen LogP contribution is -2.46. The Morgan fingerprint density at radius 3 is 3.00 bits per heavy atom. The molecule has 0 bridgehead atoms. The van der Waals surface area contributed by atoms with Crippen molar-refractivity contribution in [1.29, 1.82) is 0 Å². The molecule has 7 heteroatoms. The molecule has 20 heavy (non-hydrogen) atoms. The van der Waals surface area contributed by atoms with Gasteiger partial charge in [0.25, 0.3) is 10.2 Å². The predicted octanol–water partition coefficient (Wildman–Crippen LogP) is 1.45. The molecule has 1 aromatic heterocycles. The highest BCUT2D eigenvalue weighted by Gasteiger charge is 2.35. The SMILES string of the molecule is CNCCCN(C)S(=O)(=O)N1CCc2sccc2C1C. The first-order valence-corrected chi connectivity index (χ1v) is 9.20. The Labute approximate surface area is 125 Å². The molecule has 5 nitrogen and oxygen atoms in total. The zero-order valence-corrected chi connectivity index (χ0v) is 13.9. The number of nitrogens with one attached hydrogen (secondary N) is 1. The molecule has 1 aliphatic heterocycles. The van der Waals surface area contributed by atoms with E-state index in [1.165, 1.54) is 9.18 Å². The molecule has 0 saturated heterocycles. The second kappa shape index (κ2) is 6.53. The van der Waals surface area contributed by atoms with E-state index in [1.807, 2.05) is 25.4 Å². The highest BCUT2D eigenvalue weighted by Crippen LogP contribution is 2.34. The van der Waals surface area contributed by atoms with Crippen molar-refractivity contribution >= 4 is 21.5 Å². The Bertz CT molecular complexity index is 542. The maximum absolute atomic E-state index is 12.7. The molecule has 1 unspecified atom stereocenters. The molecule has 0 amide bonds. The molecule has 0 fully saturated rings. The van der Waals surface area contributed by atoms with Crippen molar-refractivity contribution in [2.75, 3.05) is 33.7 Å². The van der Waals surface area contributed by atoms with E-state index in [1.54, 1.807) is 22.7 Å². The van der Waals surface area contributed by atoms with Crippen LogP contribution < -0.4 is 5.32 Å². The molecule has 0 radical (unpaired) electrons. The zero-order valence-electron chi connectivity index (χ0n) is 12.3. The third-order valence-corrected chi connectivity index (χ3v) is 6.87. The van der Waals surface area contributed by atoms with Crippen molar-refractivity contribution in [3.05, 3.63) is 21.9 Å². The van der Waals surface area contributed by atoms with Crippen LogP contribution in [-0.2, 0) is 16.6 Å². The summed E-state index contributed by atoms with van der Waals surface area (Å²) in [6.45, 7) is 3.92. The largest absolute Gasteiger partial charge is 0.320 e. The van der Waals surface area contributed by atoms with Crippen molar-refractivity contribution in [1.82, 2.24) is 13.9 Å². The minimum absolute atomic E-state index is 0.0678. The van der Waals surface area contributed by atoms with Crippen LogP contribution in [0.4, 0.5) is 0 Å². The van der Waals surface area contributed by atoms with Gasteiger partial charge in [0, 0.05) is 31.1 Å². The van der Waals surface area contributed by atoms with Gasteiger partial charge in [-0.15, -0.1) is 11.3 Å². The molecule has 1 N–H and O–H groups in total. The maximum Gasteiger partial charge on any atom is 0.282 e. The molecule has 0 spiro atoms. The lowest BCUT2D eigenvalue weighted by molar-refractivity contribution is 0.297. The fourth-order valence-electron chi connectivity index (χ4n) is 2.57. The van der Waals surface area contributed by atoms with Crippen molar-refractivity contribution < 1.29 is 8.42 Å². The van der Waals surface area contributed by atoms with E-state index in [-0.39, 0.29) is 6.04 Å². The summed E-state index contributed by atoms with van der Waals surface area (Å²) in [6, 6.07) is 1.98. The Hall–Kier alpha value is -0.470. The van der Waals surface area contributed by atoms with E-state index >= 15 is 0 Å². The summed E-state index contributed by atoms with van der Waals surface area (Å²) >= 11 is 1.72. The molecular weight excluding hydrogens is 294 g/mol. The Balaban J connectivity index is 2.10. The molecule has 114 valence electrons. The molecule has 0 saturated carbocycles. The van der Waals surface area contributed by atoms with Gasteiger partial charge in [0.1, 0.15) is 0 Å². The molecular formula is C13H23N3O2S2. The van der Waals surface area contributed by atoms with Crippen LogP contribution in [0.1, 0.15) is 29.8 Å². The molecule has 1 atom stereocenters. The summed E-state index contributed by atoms with van der Waals surface area (Å²) in [5.74, 6) is 0. The number of rotatable bonds is 6. The summed E-state index contributed by atoms with van der Waals surface area (Å²) in [6.07, 6.45) is 1.64. The van der Waals surface area contributed by atoms with E-state index in [0.717, 1.165) is 24.9 Å². The third-order valence-electron chi connectivity index (χ3n) is 3.81. The van der Waals surface area contributed by atoms with E-state index < -0.39 is 10.2 Å². The quantitative estimate of drug-likeness (QED) is 0.808. The van der Waals surface area contributed by atoms with Crippen molar-refractivity contribution in [2.24, 2.45) is 0 Å². The van der Waals surface area contributed by atoms with Crippen LogP contribution in [0.2, 0.25) is 0 Å². The first-order chi connectivity index (χ1) is 9.48. The highest BCUT2D eigenvalue weighted by atomic mass is 32.2. The lowest BCUT2D eigenvalue weighted by atomic mass is 10.0. The van der Waals surface area contributed by atoms with E-state index in [9.17, 15) is 8.42 Å². The standard InChI is InChI=1S/C13H23N3O2S2/c1-11-12-6-10-19-13(12)5-9-16(11)20(17,18)15(3)8-4-7-14-2/h6,10-11,14H,4-5,7-9H2,1-3H3. The van der Waals surface area contributed by atoms with Crippen LogP contribution in [0.25, 0.3) is 0 Å². The van der Waals surface area contributed by atoms with Crippen molar-refractivity contribution in [3.63, 3.8) is 0 Å². The Morgan fingerprint density at radius 1 is 1.55 bits per heavy atom. The van der Waals surface area contributed by atoms with Gasteiger partial charge in [0.15, 0.2) is 0 Å². The van der Waals surface area contributed by atoms with Crippen LogP contribution >= 0.6 is 11.3 Å². The minimum atomic E-state index is -3.37. The van der Waals surface area contributed by atoms with Gasteiger partial charge in [-0.1, -0.05) is 0 Å². The van der Waals surface area contributed by atoms with E-state index in [0.29, 0.717) is 13.1 Å². The van der Waals surface area contributed by atoms with Crippen LogP contribution in [0, 0.1) is 0 Å². The smallest absolute Gasteiger partial charge is 0.282 e. The van der Waals surface area contributed by atoms with E-state index in [4.69, 9.17) is 0 Å². The molecule has 1 aromatic rings. The molecule has 0 aliphatic carbocycles. The van der Waals surface area contributed by atoms with Gasteiger partial charge in [-0.25, -0.2) is 0 Å². The molecule has 2 heterocycles. The summed E-state index contributed by atoms with van der Waals surface area (Å²) in [7, 11) is 0.173. The first-order valence-electron chi connectivity index (χ1n) is 6.92. The lowest BCUT2D eigenvalue weighted by Gasteiger charge is -2.35. The number of fused-ring (bicyclic) bond motifs is 1. The van der Waals surface area contributed by atoms with Gasteiger partial charge < -0.3 is 5.32 Å². The normalized spacial score (nSPS) is 20.3. The Morgan fingerprint density at radius 2 is 2.30 bits per heavy atom.